The lowest BCUT2D eigenvalue weighted by Gasteiger charge is -2.11. The highest BCUT2D eigenvalue weighted by molar-refractivity contribution is 5.75. The molecular weight excluding hydrogens is 687 g/mol. The van der Waals surface area contributed by atoms with Crippen molar-refractivity contribution >= 4 is 0 Å². The summed E-state index contributed by atoms with van der Waals surface area (Å²) in [6.07, 6.45) is 0. The first-order valence-corrected chi connectivity index (χ1v) is 18.2. The predicted octanol–water partition coefficient (Wildman–Crippen LogP) is 11.3. The van der Waals surface area contributed by atoms with E-state index in [1.807, 2.05) is 121 Å². The van der Waals surface area contributed by atoms with Crippen molar-refractivity contribution in [3.8, 4) is 96.7 Å². The van der Waals surface area contributed by atoms with Crippen LogP contribution in [-0.2, 0) is 0 Å². The van der Waals surface area contributed by atoms with E-state index in [1.54, 1.807) is 6.07 Å². The normalized spacial score (nSPS) is 10.8. The largest absolute Gasteiger partial charge is 0.208 e. The van der Waals surface area contributed by atoms with E-state index in [0.29, 0.717) is 46.1 Å². The minimum absolute atomic E-state index is 0.450. The van der Waals surface area contributed by atoms with E-state index in [-0.39, 0.29) is 0 Å². The highest BCUT2D eigenvalue weighted by atomic mass is 15.0. The maximum absolute atomic E-state index is 9.81. The molecule has 262 valence electrons. The minimum Gasteiger partial charge on any atom is -0.208 e. The fourth-order valence-corrected chi connectivity index (χ4v) is 6.56. The van der Waals surface area contributed by atoms with Gasteiger partial charge in [0.25, 0.3) is 0 Å². The van der Waals surface area contributed by atoms with Crippen molar-refractivity contribution in [2.75, 3.05) is 0 Å². The van der Waals surface area contributed by atoms with Crippen molar-refractivity contribution in [3.63, 3.8) is 0 Å². The summed E-state index contributed by atoms with van der Waals surface area (Å²) in [5.74, 6) is 3.34. The van der Waals surface area contributed by atoms with Crippen LogP contribution in [0.4, 0.5) is 0 Å². The summed E-state index contributed by atoms with van der Waals surface area (Å²) >= 11 is 0. The molecule has 0 spiro atoms. The molecule has 0 aliphatic carbocycles. The second-order valence-electron chi connectivity index (χ2n) is 13.1. The van der Waals surface area contributed by atoms with Gasteiger partial charge in [0.1, 0.15) is 0 Å². The molecule has 0 aliphatic rings. The standard InChI is InChI=1S/C49H31N7/c50-32-42-19-10-11-22-43(42)49-55-45(37-17-8-3-9-18-37)52-47(56-49)39-29-25-35(26-30-39)34-23-27-38(28-24-34)46-51-44(36-15-6-2-7-16-36)53-48(54-46)41-21-12-20-40(31-41)33-13-4-1-5-14-33/h1-31H. The SMILES string of the molecule is N#Cc1ccccc1-c1nc(-c2ccccc2)nc(-c2ccc(-c3ccc(-c4nc(-c5ccccc5)nc(-c5cccc(-c6ccccc6)c5)n4)cc3)cc2)n1. The molecule has 2 aromatic heterocycles. The average molecular weight is 718 g/mol. The molecule has 7 heteroatoms. The Hall–Kier alpha value is -7.95. The van der Waals surface area contributed by atoms with Crippen molar-refractivity contribution < 1.29 is 0 Å². The molecule has 0 radical (unpaired) electrons. The van der Waals surface area contributed by atoms with Crippen LogP contribution in [0.25, 0.3) is 90.6 Å². The van der Waals surface area contributed by atoms with Gasteiger partial charge < -0.3 is 0 Å². The zero-order chi connectivity index (χ0) is 37.7. The van der Waals surface area contributed by atoms with Crippen LogP contribution in [-0.4, -0.2) is 29.9 Å². The molecule has 0 bridgehead atoms. The molecule has 0 N–H and O–H groups in total. The molecule has 0 amide bonds. The second kappa shape index (κ2) is 15.2. The number of nitrogens with zero attached hydrogens (tertiary/aromatic N) is 7. The van der Waals surface area contributed by atoms with Crippen LogP contribution < -0.4 is 0 Å². The van der Waals surface area contributed by atoms with E-state index >= 15 is 0 Å². The Bertz CT molecular complexity index is 2840. The van der Waals surface area contributed by atoms with Gasteiger partial charge >= 0.3 is 0 Å². The van der Waals surface area contributed by atoms with E-state index in [1.165, 1.54) is 0 Å². The predicted molar refractivity (Wildman–Crippen MR) is 221 cm³/mol. The minimum atomic E-state index is 0.450. The lowest BCUT2D eigenvalue weighted by atomic mass is 10.0. The van der Waals surface area contributed by atoms with Crippen LogP contribution in [0.2, 0.25) is 0 Å². The van der Waals surface area contributed by atoms with Gasteiger partial charge in [-0.05, 0) is 40.5 Å². The van der Waals surface area contributed by atoms with Gasteiger partial charge in [0.15, 0.2) is 34.9 Å². The van der Waals surface area contributed by atoms with Gasteiger partial charge in [0.05, 0.1) is 11.6 Å². The lowest BCUT2D eigenvalue weighted by Crippen LogP contribution is -2.01. The van der Waals surface area contributed by atoms with Crippen LogP contribution in [0.1, 0.15) is 5.56 Å². The Morgan fingerprint density at radius 3 is 1.07 bits per heavy atom. The van der Waals surface area contributed by atoms with E-state index in [4.69, 9.17) is 29.9 Å². The number of nitriles is 1. The van der Waals surface area contributed by atoms with Crippen LogP contribution >= 0.6 is 0 Å². The molecule has 7 nitrogen and oxygen atoms in total. The number of hydrogen-bond acceptors (Lipinski definition) is 7. The average Bonchev–Trinajstić information content (AvgIpc) is 3.29. The van der Waals surface area contributed by atoms with Crippen LogP contribution in [0, 0.1) is 11.3 Å². The number of hydrogen-bond donors (Lipinski definition) is 0. The molecule has 0 saturated carbocycles. The molecule has 0 aliphatic heterocycles. The summed E-state index contributed by atoms with van der Waals surface area (Å²) in [7, 11) is 0. The highest BCUT2D eigenvalue weighted by Crippen LogP contribution is 2.31. The molecule has 0 saturated heterocycles. The lowest BCUT2D eigenvalue weighted by molar-refractivity contribution is 1.07. The summed E-state index contributed by atoms with van der Waals surface area (Å²) in [5.41, 5.74) is 9.89. The highest BCUT2D eigenvalue weighted by Gasteiger charge is 2.16. The van der Waals surface area contributed by atoms with Crippen LogP contribution in [0.15, 0.2) is 188 Å². The Morgan fingerprint density at radius 2 is 0.589 bits per heavy atom. The Labute approximate surface area is 324 Å². The molecular formula is C49H31N7. The fourth-order valence-electron chi connectivity index (χ4n) is 6.56. The second-order valence-corrected chi connectivity index (χ2v) is 13.1. The molecule has 0 fully saturated rings. The van der Waals surface area contributed by atoms with Gasteiger partial charge in [0, 0.05) is 33.4 Å². The first-order valence-electron chi connectivity index (χ1n) is 18.2. The summed E-state index contributed by atoms with van der Waals surface area (Å²) < 4.78 is 0. The van der Waals surface area contributed by atoms with Crippen LogP contribution in [0.3, 0.4) is 0 Å². The third kappa shape index (κ3) is 7.06. The van der Waals surface area contributed by atoms with E-state index in [2.05, 4.69) is 66.7 Å². The first kappa shape index (κ1) is 33.9. The molecule has 0 atom stereocenters. The van der Waals surface area contributed by atoms with E-state index < -0.39 is 0 Å². The topological polar surface area (TPSA) is 101 Å². The van der Waals surface area contributed by atoms with Crippen molar-refractivity contribution in [1.82, 2.24) is 29.9 Å². The third-order valence-corrected chi connectivity index (χ3v) is 9.47. The first-order chi connectivity index (χ1) is 27.7. The van der Waals surface area contributed by atoms with Crippen molar-refractivity contribution in [2.45, 2.75) is 0 Å². The molecule has 2 heterocycles. The van der Waals surface area contributed by atoms with E-state index in [9.17, 15) is 5.26 Å². The maximum Gasteiger partial charge on any atom is 0.165 e. The Balaban J connectivity index is 1.04. The van der Waals surface area contributed by atoms with E-state index in [0.717, 1.165) is 50.1 Å². The van der Waals surface area contributed by atoms with Gasteiger partial charge in [-0.3, -0.25) is 0 Å². The van der Waals surface area contributed by atoms with Gasteiger partial charge in [-0.15, -0.1) is 0 Å². The van der Waals surface area contributed by atoms with Gasteiger partial charge in [-0.2, -0.15) is 5.26 Å². The zero-order valence-electron chi connectivity index (χ0n) is 30.0. The van der Waals surface area contributed by atoms with Crippen molar-refractivity contribution in [2.24, 2.45) is 0 Å². The molecule has 0 unspecified atom stereocenters. The number of benzene rings is 7. The molecule has 7 aromatic carbocycles. The summed E-state index contributed by atoms with van der Waals surface area (Å²) in [5, 5.41) is 9.81. The number of rotatable bonds is 8. The maximum atomic E-state index is 9.81. The Morgan fingerprint density at radius 1 is 0.268 bits per heavy atom. The molecule has 9 rings (SSSR count). The Kier molecular flexibility index (Phi) is 9.18. The zero-order valence-corrected chi connectivity index (χ0v) is 30.0. The monoisotopic (exact) mass is 717 g/mol. The third-order valence-electron chi connectivity index (χ3n) is 9.47. The summed E-state index contributed by atoms with van der Waals surface area (Å²) in [6.45, 7) is 0. The van der Waals surface area contributed by atoms with Gasteiger partial charge in [-0.25, -0.2) is 29.9 Å². The van der Waals surface area contributed by atoms with Crippen LogP contribution in [0.5, 0.6) is 0 Å². The van der Waals surface area contributed by atoms with Crippen molar-refractivity contribution in [1.29, 1.82) is 5.26 Å². The fraction of sp³-hybridized carbons (Fsp3) is 0. The van der Waals surface area contributed by atoms with Gasteiger partial charge in [0.2, 0.25) is 0 Å². The summed E-state index contributed by atoms with van der Waals surface area (Å²) in [4.78, 5) is 29.3. The summed E-state index contributed by atoms with van der Waals surface area (Å²) in [6, 6.07) is 64.5. The molecule has 56 heavy (non-hydrogen) atoms. The van der Waals surface area contributed by atoms with Crippen molar-refractivity contribution in [3.05, 3.63) is 194 Å². The quantitative estimate of drug-likeness (QED) is 0.154. The smallest absolute Gasteiger partial charge is 0.165 e. The molecule has 9 aromatic rings. The van der Waals surface area contributed by atoms with Gasteiger partial charge in [-0.1, -0.05) is 170 Å². The number of aromatic nitrogens is 6.